The van der Waals surface area contributed by atoms with E-state index in [1.54, 1.807) is 19.2 Å². The lowest BCUT2D eigenvalue weighted by Crippen LogP contribution is -2.40. The SMILES string of the molecule is C=C(C)Cc1cc(CO[Si](C)(C)C(C)(C)C)ccc1-c1cc(OC)ccc1F. The van der Waals surface area contributed by atoms with Crippen molar-refractivity contribution in [3.63, 3.8) is 0 Å². The molecule has 2 nitrogen and oxygen atoms in total. The number of methoxy groups -OCH3 is 1. The molecule has 2 aromatic carbocycles. The summed E-state index contributed by atoms with van der Waals surface area (Å²) in [6.45, 7) is 17.8. The van der Waals surface area contributed by atoms with Crippen molar-refractivity contribution in [3.05, 3.63) is 65.5 Å². The van der Waals surface area contributed by atoms with Crippen molar-refractivity contribution in [2.24, 2.45) is 0 Å². The number of allylic oxidation sites excluding steroid dienone is 1. The van der Waals surface area contributed by atoms with Crippen LogP contribution in [0, 0.1) is 5.82 Å². The minimum absolute atomic E-state index is 0.164. The molecule has 0 amide bonds. The Balaban J connectivity index is 2.40. The van der Waals surface area contributed by atoms with Crippen molar-refractivity contribution in [1.82, 2.24) is 0 Å². The second-order valence-electron chi connectivity index (χ2n) is 9.02. The molecular formula is C24H33FO2Si. The van der Waals surface area contributed by atoms with Crippen LogP contribution >= 0.6 is 0 Å². The average Bonchev–Trinajstić information content (AvgIpc) is 2.59. The molecule has 0 aliphatic heterocycles. The van der Waals surface area contributed by atoms with E-state index in [1.807, 2.05) is 19.1 Å². The molecule has 152 valence electrons. The van der Waals surface area contributed by atoms with Gasteiger partial charge in [-0.1, -0.05) is 51.1 Å². The fraction of sp³-hybridized carbons (Fsp3) is 0.417. The lowest BCUT2D eigenvalue weighted by atomic mass is 9.93. The molecule has 0 spiro atoms. The number of benzene rings is 2. The summed E-state index contributed by atoms with van der Waals surface area (Å²) in [5.41, 5.74) is 4.61. The van der Waals surface area contributed by atoms with Gasteiger partial charge in [-0.05, 0) is 66.4 Å². The second-order valence-corrected chi connectivity index (χ2v) is 13.8. The van der Waals surface area contributed by atoms with Crippen molar-refractivity contribution in [2.45, 2.75) is 58.9 Å². The van der Waals surface area contributed by atoms with E-state index < -0.39 is 8.32 Å². The van der Waals surface area contributed by atoms with Crippen LogP contribution in [0.2, 0.25) is 18.1 Å². The van der Waals surface area contributed by atoms with Gasteiger partial charge in [-0.15, -0.1) is 0 Å². The number of halogens is 1. The lowest BCUT2D eigenvalue weighted by molar-refractivity contribution is 0.276. The first-order chi connectivity index (χ1) is 12.9. The van der Waals surface area contributed by atoms with Crippen LogP contribution in [0.1, 0.15) is 38.8 Å². The van der Waals surface area contributed by atoms with Gasteiger partial charge in [0, 0.05) is 5.56 Å². The van der Waals surface area contributed by atoms with Crippen molar-refractivity contribution >= 4 is 8.32 Å². The summed E-state index contributed by atoms with van der Waals surface area (Å²) in [4.78, 5) is 0. The Bertz CT molecular complexity index is 850. The smallest absolute Gasteiger partial charge is 0.192 e. The minimum atomic E-state index is -1.83. The topological polar surface area (TPSA) is 18.5 Å². The molecule has 0 atom stereocenters. The van der Waals surface area contributed by atoms with Crippen molar-refractivity contribution in [1.29, 1.82) is 0 Å². The van der Waals surface area contributed by atoms with Crippen LogP contribution in [-0.4, -0.2) is 15.4 Å². The minimum Gasteiger partial charge on any atom is -0.497 e. The molecule has 0 heterocycles. The molecule has 4 heteroatoms. The zero-order valence-electron chi connectivity index (χ0n) is 18.3. The predicted octanol–water partition coefficient (Wildman–Crippen LogP) is 7.14. The van der Waals surface area contributed by atoms with Gasteiger partial charge in [-0.25, -0.2) is 4.39 Å². The molecule has 28 heavy (non-hydrogen) atoms. The number of rotatable bonds is 7. The Hall–Kier alpha value is -1.91. The van der Waals surface area contributed by atoms with Crippen molar-refractivity contribution < 1.29 is 13.6 Å². The Morgan fingerprint density at radius 1 is 1.07 bits per heavy atom. The van der Waals surface area contributed by atoms with Gasteiger partial charge in [0.15, 0.2) is 8.32 Å². The summed E-state index contributed by atoms with van der Waals surface area (Å²) in [6.07, 6.45) is 0.694. The predicted molar refractivity (Wildman–Crippen MR) is 119 cm³/mol. The van der Waals surface area contributed by atoms with E-state index in [2.05, 4.69) is 46.5 Å². The summed E-state index contributed by atoms with van der Waals surface area (Å²) in [6, 6.07) is 11.0. The summed E-state index contributed by atoms with van der Waals surface area (Å²) >= 11 is 0. The first kappa shape index (κ1) is 22.4. The normalized spacial score (nSPS) is 12.1. The summed E-state index contributed by atoms with van der Waals surface area (Å²) in [5.74, 6) is 0.386. The van der Waals surface area contributed by atoms with Crippen LogP contribution in [0.5, 0.6) is 5.75 Å². The van der Waals surface area contributed by atoms with Gasteiger partial charge in [0.05, 0.1) is 13.7 Å². The van der Waals surface area contributed by atoms with Gasteiger partial charge in [0.25, 0.3) is 0 Å². The maximum absolute atomic E-state index is 14.5. The Morgan fingerprint density at radius 3 is 2.32 bits per heavy atom. The van der Waals surface area contributed by atoms with Gasteiger partial charge in [0.2, 0.25) is 0 Å². The molecule has 0 aliphatic rings. The molecule has 0 radical (unpaired) electrons. The molecule has 2 aromatic rings. The zero-order chi connectivity index (χ0) is 21.1. The number of hydrogen-bond acceptors (Lipinski definition) is 2. The summed E-state index contributed by atoms with van der Waals surface area (Å²) < 4.78 is 26.2. The molecule has 0 unspecified atom stereocenters. The van der Waals surface area contributed by atoms with Crippen LogP contribution in [0.25, 0.3) is 11.1 Å². The van der Waals surface area contributed by atoms with E-state index in [-0.39, 0.29) is 10.9 Å². The quantitative estimate of drug-likeness (QED) is 0.363. The van der Waals surface area contributed by atoms with E-state index in [0.29, 0.717) is 24.3 Å². The molecule has 0 fully saturated rings. The van der Waals surface area contributed by atoms with Gasteiger partial charge in [-0.2, -0.15) is 0 Å². The molecule has 0 N–H and O–H groups in total. The molecule has 0 aromatic heterocycles. The average molecular weight is 401 g/mol. The van der Waals surface area contributed by atoms with Gasteiger partial charge in [0.1, 0.15) is 11.6 Å². The third-order valence-electron chi connectivity index (χ3n) is 5.53. The molecule has 0 bridgehead atoms. The van der Waals surface area contributed by atoms with E-state index in [1.165, 1.54) is 6.07 Å². The Morgan fingerprint density at radius 2 is 1.75 bits per heavy atom. The maximum Gasteiger partial charge on any atom is 0.192 e. The highest BCUT2D eigenvalue weighted by molar-refractivity contribution is 6.74. The Labute approximate surface area is 170 Å². The third kappa shape index (κ3) is 5.33. The molecular weight excluding hydrogens is 367 g/mol. The van der Waals surface area contributed by atoms with Crippen molar-refractivity contribution in [2.75, 3.05) is 7.11 Å². The van der Waals surface area contributed by atoms with Crippen LogP contribution < -0.4 is 4.74 Å². The van der Waals surface area contributed by atoms with Gasteiger partial charge in [-0.3, -0.25) is 0 Å². The van der Waals surface area contributed by atoms with Gasteiger partial charge >= 0.3 is 0 Å². The molecule has 0 saturated heterocycles. The third-order valence-corrected chi connectivity index (χ3v) is 10.0. The highest BCUT2D eigenvalue weighted by Gasteiger charge is 2.37. The van der Waals surface area contributed by atoms with E-state index >= 15 is 0 Å². The van der Waals surface area contributed by atoms with Crippen molar-refractivity contribution in [3.8, 4) is 16.9 Å². The number of hydrogen-bond donors (Lipinski definition) is 0. The maximum atomic E-state index is 14.5. The summed E-state index contributed by atoms with van der Waals surface area (Å²) in [5, 5.41) is 0.164. The molecule has 0 aliphatic carbocycles. The number of ether oxygens (including phenoxy) is 1. The highest BCUT2D eigenvalue weighted by Crippen LogP contribution is 2.37. The monoisotopic (exact) mass is 400 g/mol. The van der Waals surface area contributed by atoms with Crippen LogP contribution in [0.4, 0.5) is 4.39 Å². The first-order valence-electron chi connectivity index (χ1n) is 9.68. The molecule has 0 saturated carbocycles. The molecule has 2 rings (SSSR count). The lowest BCUT2D eigenvalue weighted by Gasteiger charge is -2.36. The van der Waals surface area contributed by atoms with Gasteiger partial charge < -0.3 is 9.16 Å². The second kappa shape index (κ2) is 8.62. The largest absolute Gasteiger partial charge is 0.497 e. The van der Waals surface area contributed by atoms with Crippen LogP contribution in [-0.2, 0) is 17.5 Å². The zero-order valence-corrected chi connectivity index (χ0v) is 19.3. The fourth-order valence-corrected chi connectivity index (χ4v) is 3.75. The first-order valence-corrected chi connectivity index (χ1v) is 12.6. The van der Waals surface area contributed by atoms with E-state index in [9.17, 15) is 4.39 Å². The Kier molecular flexibility index (Phi) is 6.89. The van der Waals surface area contributed by atoms with E-state index in [0.717, 1.165) is 22.3 Å². The highest BCUT2D eigenvalue weighted by atomic mass is 28.4. The standard InChI is InChI=1S/C24H33FO2Si/c1-17(2)13-19-14-18(16-27-28(7,8)24(3,4)5)9-11-21(19)22-15-20(26-6)10-12-23(22)25/h9-12,14-15H,1,13,16H2,2-8H3. The van der Waals surface area contributed by atoms with Crippen LogP contribution in [0.15, 0.2) is 48.6 Å². The van der Waals surface area contributed by atoms with E-state index in [4.69, 9.17) is 9.16 Å². The van der Waals surface area contributed by atoms with Crippen LogP contribution in [0.3, 0.4) is 0 Å². The summed E-state index contributed by atoms with van der Waals surface area (Å²) in [7, 11) is -0.240. The fourth-order valence-electron chi connectivity index (χ4n) is 2.79.